The van der Waals surface area contributed by atoms with Crippen LogP contribution >= 0.6 is 23.8 Å². The number of nitrogens with two attached hydrogens (primary N) is 1. The van der Waals surface area contributed by atoms with E-state index in [0.717, 1.165) is 0 Å². The van der Waals surface area contributed by atoms with E-state index in [2.05, 4.69) is 10.3 Å². The van der Waals surface area contributed by atoms with Crippen LogP contribution in [0.2, 0.25) is 5.02 Å². The van der Waals surface area contributed by atoms with Gasteiger partial charge in [-0.1, -0.05) is 29.9 Å². The maximum absolute atomic E-state index is 13.6. The van der Waals surface area contributed by atoms with Crippen molar-refractivity contribution in [3.05, 3.63) is 52.9 Å². The Kier molecular flexibility index (Phi) is 3.74. The first-order chi connectivity index (χ1) is 8.56. The summed E-state index contributed by atoms with van der Waals surface area (Å²) in [5, 5.41) is 3.17. The van der Waals surface area contributed by atoms with Crippen molar-refractivity contribution in [2.45, 2.75) is 0 Å². The Morgan fingerprint density at radius 3 is 2.78 bits per heavy atom. The molecule has 1 heterocycles. The molecule has 1 aromatic carbocycles. The third kappa shape index (κ3) is 2.94. The molecule has 6 heteroatoms. The van der Waals surface area contributed by atoms with E-state index in [-0.39, 0.29) is 10.7 Å². The maximum Gasteiger partial charge on any atom is 0.148 e. The summed E-state index contributed by atoms with van der Waals surface area (Å²) < 4.78 is 13.6. The van der Waals surface area contributed by atoms with Crippen LogP contribution < -0.4 is 11.1 Å². The van der Waals surface area contributed by atoms with Crippen LogP contribution in [0.1, 0.15) is 5.69 Å². The molecule has 3 nitrogen and oxygen atoms in total. The molecule has 18 heavy (non-hydrogen) atoms. The number of benzene rings is 1. The number of aromatic nitrogens is 1. The molecular formula is C12H9ClFN3S. The van der Waals surface area contributed by atoms with E-state index in [1.807, 2.05) is 0 Å². The first kappa shape index (κ1) is 12.7. The highest BCUT2D eigenvalue weighted by molar-refractivity contribution is 7.80. The minimum atomic E-state index is -0.454. The van der Waals surface area contributed by atoms with E-state index < -0.39 is 5.82 Å². The Hall–Kier alpha value is -1.72. The third-order valence-corrected chi connectivity index (χ3v) is 2.64. The van der Waals surface area contributed by atoms with Crippen LogP contribution in [0, 0.1) is 5.82 Å². The summed E-state index contributed by atoms with van der Waals surface area (Å²) in [6.07, 6.45) is 0. The molecule has 0 unspecified atom stereocenters. The Balaban J connectivity index is 2.28. The van der Waals surface area contributed by atoms with Gasteiger partial charge in [-0.15, -0.1) is 0 Å². The largest absolute Gasteiger partial charge is 0.388 e. The first-order valence-corrected chi connectivity index (χ1v) is 5.84. The van der Waals surface area contributed by atoms with Crippen LogP contribution in [-0.4, -0.2) is 9.97 Å². The van der Waals surface area contributed by atoms with Gasteiger partial charge in [0.1, 0.15) is 16.6 Å². The molecule has 0 aliphatic heterocycles. The van der Waals surface area contributed by atoms with E-state index in [1.165, 1.54) is 12.1 Å². The van der Waals surface area contributed by atoms with Crippen molar-refractivity contribution in [2.75, 3.05) is 5.32 Å². The Morgan fingerprint density at radius 1 is 1.33 bits per heavy atom. The molecule has 0 radical (unpaired) electrons. The molecule has 2 rings (SSSR count). The second-order valence-electron chi connectivity index (χ2n) is 3.52. The molecule has 0 aliphatic carbocycles. The molecule has 0 spiro atoms. The third-order valence-electron chi connectivity index (χ3n) is 2.20. The van der Waals surface area contributed by atoms with E-state index in [0.29, 0.717) is 16.5 Å². The van der Waals surface area contributed by atoms with Crippen LogP contribution in [0.4, 0.5) is 15.9 Å². The van der Waals surface area contributed by atoms with E-state index in [4.69, 9.17) is 29.6 Å². The highest BCUT2D eigenvalue weighted by atomic mass is 35.5. The summed E-state index contributed by atoms with van der Waals surface area (Å²) in [5.74, 6) is 0.00607. The molecule has 0 aliphatic rings. The number of thiocarbonyl (C=S) groups is 1. The van der Waals surface area contributed by atoms with Gasteiger partial charge in [0.15, 0.2) is 0 Å². The molecule has 2 aromatic rings. The van der Waals surface area contributed by atoms with Crippen molar-refractivity contribution in [3.63, 3.8) is 0 Å². The van der Waals surface area contributed by atoms with Crippen LogP contribution in [0.25, 0.3) is 0 Å². The van der Waals surface area contributed by atoms with E-state index in [9.17, 15) is 4.39 Å². The Labute approximate surface area is 114 Å². The summed E-state index contributed by atoms with van der Waals surface area (Å²) in [6.45, 7) is 0. The number of nitrogens with zero attached hydrogens (tertiary/aromatic N) is 1. The minimum absolute atomic E-state index is 0.190. The molecule has 92 valence electrons. The van der Waals surface area contributed by atoms with Gasteiger partial charge in [-0.25, -0.2) is 9.37 Å². The average Bonchev–Trinajstić information content (AvgIpc) is 2.33. The minimum Gasteiger partial charge on any atom is -0.388 e. The lowest BCUT2D eigenvalue weighted by Crippen LogP contribution is -2.12. The number of hydrogen-bond donors (Lipinski definition) is 2. The molecule has 0 bridgehead atoms. The molecule has 0 atom stereocenters. The van der Waals surface area contributed by atoms with Crippen LogP contribution in [0.15, 0.2) is 36.4 Å². The quantitative estimate of drug-likeness (QED) is 0.848. The van der Waals surface area contributed by atoms with E-state index >= 15 is 0 Å². The summed E-state index contributed by atoms with van der Waals surface area (Å²) in [7, 11) is 0. The second kappa shape index (κ2) is 5.29. The topological polar surface area (TPSA) is 50.9 Å². The Bertz CT molecular complexity index is 604. The number of nitrogens with one attached hydrogen (secondary N) is 1. The van der Waals surface area contributed by atoms with Gasteiger partial charge < -0.3 is 11.1 Å². The van der Waals surface area contributed by atoms with Crippen molar-refractivity contribution in [1.82, 2.24) is 4.98 Å². The van der Waals surface area contributed by atoms with Gasteiger partial charge >= 0.3 is 0 Å². The van der Waals surface area contributed by atoms with Crippen molar-refractivity contribution < 1.29 is 4.39 Å². The fourth-order valence-corrected chi connectivity index (χ4v) is 1.64. The number of anilines is 2. The highest BCUT2D eigenvalue weighted by Gasteiger charge is 2.05. The molecule has 0 saturated carbocycles. The van der Waals surface area contributed by atoms with Gasteiger partial charge in [-0.05, 0) is 30.3 Å². The smallest absolute Gasteiger partial charge is 0.148 e. The number of pyridine rings is 1. The number of halogens is 2. The van der Waals surface area contributed by atoms with Crippen molar-refractivity contribution in [2.24, 2.45) is 5.73 Å². The van der Waals surface area contributed by atoms with Crippen LogP contribution in [0.3, 0.4) is 0 Å². The molecule has 1 aromatic heterocycles. The van der Waals surface area contributed by atoms with Crippen LogP contribution in [-0.2, 0) is 0 Å². The average molecular weight is 282 g/mol. The zero-order valence-electron chi connectivity index (χ0n) is 9.15. The summed E-state index contributed by atoms with van der Waals surface area (Å²) in [4.78, 5) is 4.34. The summed E-state index contributed by atoms with van der Waals surface area (Å²) in [5.41, 5.74) is 6.24. The van der Waals surface area contributed by atoms with E-state index in [1.54, 1.807) is 24.3 Å². The fourth-order valence-electron chi connectivity index (χ4n) is 1.37. The van der Waals surface area contributed by atoms with Crippen molar-refractivity contribution in [3.8, 4) is 0 Å². The zero-order valence-corrected chi connectivity index (χ0v) is 10.7. The van der Waals surface area contributed by atoms with Crippen molar-refractivity contribution >= 4 is 40.3 Å². The molecule has 0 saturated heterocycles. The zero-order chi connectivity index (χ0) is 13.1. The molecule has 0 fully saturated rings. The number of rotatable bonds is 3. The van der Waals surface area contributed by atoms with Crippen molar-refractivity contribution in [1.29, 1.82) is 0 Å². The monoisotopic (exact) mass is 281 g/mol. The molecule has 3 N–H and O–H groups in total. The van der Waals surface area contributed by atoms with Gasteiger partial charge in [-0.2, -0.15) is 0 Å². The van der Waals surface area contributed by atoms with Gasteiger partial charge in [0.05, 0.1) is 11.4 Å². The lowest BCUT2D eigenvalue weighted by Gasteiger charge is -2.08. The fraction of sp³-hybridized carbons (Fsp3) is 0. The maximum atomic E-state index is 13.6. The molecular weight excluding hydrogens is 273 g/mol. The SMILES string of the molecule is NC(=S)c1cccc(Nc2ccc(Cl)cc2F)n1. The summed E-state index contributed by atoms with van der Waals surface area (Å²) >= 11 is 10.5. The first-order valence-electron chi connectivity index (χ1n) is 5.05. The predicted molar refractivity (Wildman–Crippen MR) is 74.8 cm³/mol. The van der Waals surface area contributed by atoms with Gasteiger partial charge in [0.25, 0.3) is 0 Å². The van der Waals surface area contributed by atoms with Gasteiger partial charge in [0, 0.05) is 5.02 Å². The standard InChI is InChI=1S/C12H9ClFN3S/c13-7-4-5-9(8(14)6-7)16-11-3-1-2-10(17-11)12(15)18/h1-6H,(H2,15,18)(H,16,17). The summed E-state index contributed by atoms with van der Waals surface area (Å²) in [6, 6.07) is 9.46. The lowest BCUT2D eigenvalue weighted by atomic mass is 10.3. The van der Waals surface area contributed by atoms with Gasteiger partial charge in [0.2, 0.25) is 0 Å². The van der Waals surface area contributed by atoms with Gasteiger partial charge in [-0.3, -0.25) is 0 Å². The Morgan fingerprint density at radius 2 is 2.11 bits per heavy atom. The second-order valence-corrected chi connectivity index (χ2v) is 4.40. The molecule has 0 amide bonds. The highest BCUT2D eigenvalue weighted by Crippen LogP contribution is 2.22. The predicted octanol–water partition coefficient (Wildman–Crippen LogP) is 3.25. The number of hydrogen-bond acceptors (Lipinski definition) is 3. The lowest BCUT2D eigenvalue weighted by molar-refractivity contribution is 0.632. The van der Waals surface area contributed by atoms with Crippen LogP contribution in [0.5, 0.6) is 0 Å². The normalized spacial score (nSPS) is 10.1.